The van der Waals surface area contributed by atoms with Gasteiger partial charge in [0, 0.05) is 11.6 Å². The SMILES string of the molecule is O=C(O)C=C(C(=O)O)C1CCCC1. The zero-order valence-electron chi connectivity index (χ0n) is 7.19. The van der Waals surface area contributed by atoms with Gasteiger partial charge in [0.05, 0.1) is 0 Å². The van der Waals surface area contributed by atoms with Crippen LogP contribution in [-0.4, -0.2) is 22.2 Å². The van der Waals surface area contributed by atoms with Crippen LogP contribution in [0, 0.1) is 5.92 Å². The monoisotopic (exact) mass is 184 g/mol. The van der Waals surface area contributed by atoms with Gasteiger partial charge < -0.3 is 10.2 Å². The first-order valence-corrected chi connectivity index (χ1v) is 4.29. The molecule has 4 heteroatoms. The Morgan fingerprint density at radius 1 is 1.15 bits per heavy atom. The molecule has 0 unspecified atom stereocenters. The van der Waals surface area contributed by atoms with Crippen LogP contribution in [0.3, 0.4) is 0 Å². The summed E-state index contributed by atoms with van der Waals surface area (Å²) in [6.45, 7) is 0. The van der Waals surface area contributed by atoms with E-state index >= 15 is 0 Å². The molecule has 13 heavy (non-hydrogen) atoms. The van der Waals surface area contributed by atoms with Crippen LogP contribution in [0.15, 0.2) is 11.6 Å². The van der Waals surface area contributed by atoms with E-state index in [9.17, 15) is 9.59 Å². The van der Waals surface area contributed by atoms with Crippen molar-refractivity contribution in [3.63, 3.8) is 0 Å². The minimum absolute atomic E-state index is 0.0463. The number of carboxylic acids is 2. The number of carbonyl (C=O) groups is 2. The molecule has 0 spiro atoms. The molecule has 1 aliphatic carbocycles. The third kappa shape index (κ3) is 2.57. The molecule has 1 aliphatic rings. The van der Waals surface area contributed by atoms with E-state index in [0.29, 0.717) is 0 Å². The van der Waals surface area contributed by atoms with E-state index in [1.54, 1.807) is 0 Å². The van der Waals surface area contributed by atoms with Gasteiger partial charge in [-0.15, -0.1) is 0 Å². The van der Waals surface area contributed by atoms with Gasteiger partial charge >= 0.3 is 11.9 Å². The number of rotatable bonds is 3. The molecular weight excluding hydrogens is 172 g/mol. The zero-order chi connectivity index (χ0) is 9.84. The van der Waals surface area contributed by atoms with Gasteiger partial charge in [0.2, 0.25) is 0 Å². The second-order valence-corrected chi connectivity index (χ2v) is 3.22. The summed E-state index contributed by atoms with van der Waals surface area (Å²) < 4.78 is 0. The molecule has 0 atom stereocenters. The molecule has 0 aromatic rings. The Morgan fingerprint density at radius 2 is 1.69 bits per heavy atom. The first kappa shape index (κ1) is 9.77. The van der Waals surface area contributed by atoms with E-state index < -0.39 is 11.9 Å². The summed E-state index contributed by atoms with van der Waals surface area (Å²) in [6.07, 6.45) is 4.40. The second kappa shape index (κ2) is 4.07. The van der Waals surface area contributed by atoms with Gasteiger partial charge in [-0.25, -0.2) is 9.59 Å². The number of hydrogen-bond donors (Lipinski definition) is 2. The largest absolute Gasteiger partial charge is 0.478 e. The predicted octanol–water partition coefficient (Wildman–Crippen LogP) is 1.27. The molecule has 1 fully saturated rings. The molecule has 0 amide bonds. The molecule has 0 bridgehead atoms. The Kier molecular flexibility index (Phi) is 3.06. The second-order valence-electron chi connectivity index (χ2n) is 3.22. The first-order valence-electron chi connectivity index (χ1n) is 4.29. The van der Waals surface area contributed by atoms with Crippen LogP contribution in [0.2, 0.25) is 0 Å². The van der Waals surface area contributed by atoms with Crippen molar-refractivity contribution in [2.45, 2.75) is 25.7 Å². The smallest absolute Gasteiger partial charge is 0.332 e. The molecule has 0 aromatic carbocycles. The van der Waals surface area contributed by atoms with Crippen molar-refractivity contribution in [1.82, 2.24) is 0 Å². The fourth-order valence-electron chi connectivity index (χ4n) is 1.72. The lowest BCUT2D eigenvalue weighted by Crippen LogP contribution is -2.11. The van der Waals surface area contributed by atoms with Crippen LogP contribution in [0.25, 0.3) is 0 Å². The molecule has 2 N–H and O–H groups in total. The molecular formula is C9H12O4. The molecule has 0 saturated heterocycles. The highest BCUT2D eigenvalue weighted by atomic mass is 16.4. The molecule has 0 radical (unpaired) electrons. The van der Waals surface area contributed by atoms with Crippen molar-refractivity contribution in [3.05, 3.63) is 11.6 Å². The summed E-state index contributed by atoms with van der Waals surface area (Å²) in [5, 5.41) is 17.2. The molecule has 0 aliphatic heterocycles. The summed E-state index contributed by atoms with van der Waals surface area (Å²) in [6, 6.07) is 0. The standard InChI is InChI=1S/C9H12O4/c10-8(11)5-7(9(12)13)6-3-1-2-4-6/h5-6H,1-4H2,(H,10,11)(H,12,13). The Morgan fingerprint density at radius 3 is 2.08 bits per heavy atom. The highest BCUT2D eigenvalue weighted by Gasteiger charge is 2.24. The summed E-state index contributed by atoms with van der Waals surface area (Å²) >= 11 is 0. The quantitative estimate of drug-likeness (QED) is 0.648. The van der Waals surface area contributed by atoms with Gasteiger partial charge in [0.1, 0.15) is 0 Å². The fourth-order valence-corrected chi connectivity index (χ4v) is 1.72. The molecule has 0 aromatic heterocycles. The minimum atomic E-state index is -1.18. The molecule has 72 valence electrons. The van der Waals surface area contributed by atoms with Gasteiger partial charge in [-0.3, -0.25) is 0 Å². The van der Waals surface area contributed by atoms with Crippen LogP contribution >= 0.6 is 0 Å². The summed E-state index contributed by atoms with van der Waals surface area (Å²) in [4.78, 5) is 21.0. The highest BCUT2D eigenvalue weighted by molar-refractivity contribution is 5.95. The van der Waals surface area contributed by atoms with Crippen molar-refractivity contribution >= 4 is 11.9 Å². The van der Waals surface area contributed by atoms with Crippen molar-refractivity contribution in [1.29, 1.82) is 0 Å². The van der Waals surface area contributed by atoms with Crippen LogP contribution < -0.4 is 0 Å². The van der Waals surface area contributed by atoms with Gasteiger partial charge in [0.25, 0.3) is 0 Å². The van der Waals surface area contributed by atoms with E-state index in [1.807, 2.05) is 0 Å². The van der Waals surface area contributed by atoms with Gasteiger partial charge in [-0.1, -0.05) is 12.8 Å². The van der Waals surface area contributed by atoms with Crippen LogP contribution in [0.5, 0.6) is 0 Å². The summed E-state index contributed by atoms with van der Waals surface area (Å²) in [5.41, 5.74) is 0.0463. The maximum atomic E-state index is 10.7. The number of aliphatic carboxylic acids is 2. The van der Waals surface area contributed by atoms with E-state index in [-0.39, 0.29) is 11.5 Å². The average molecular weight is 184 g/mol. The Balaban J connectivity index is 2.78. The zero-order valence-corrected chi connectivity index (χ0v) is 7.19. The van der Waals surface area contributed by atoms with Crippen molar-refractivity contribution in [2.24, 2.45) is 5.92 Å². The van der Waals surface area contributed by atoms with Gasteiger partial charge in [-0.05, 0) is 18.8 Å². The number of carboxylic acid groups (broad SMARTS) is 2. The summed E-state index contributed by atoms with van der Waals surface area (Å²) in [7, 11) is 0. The lowest BCUT2D eigenvalue weighted by molar-refractivity contribution is -0.135. The van der Waals surface area contributed by atoms with E-state index in [2.05, 4.69) is 0 Å². The van der Waals surface area contributed by atoms with Gasteiger partial charge in [-0.2, -0.15) is 0 Å². The van der Waals surface area contributed by atoms with Crippen LogP contribution in [-0.2, 0) is 9.59 Å². The highest BCUT2D eigenvalue weighted by Crippen LogP contribution is 2.30. The third-order valence-electron chi connectivity index (χ3n) is 2.32. The van der Waals surface area contributed by atoms with Gasteiger partial charge in [0.15, 0.2) is 0 Å². The molecule has 4 nitrogen and oxygen atoms in total. The first-order chi connectivity index (χ1) is 6.11. The maximum absolute atomic E-state index is 10.7. The van der Waals surface area contributed by atoms with E-state index in [0.717, 1.165) is 31.8 Å². The Bertz CT molecular complexity index is 248. The molecule has 1 rings (SSSR count). The van der Waals surface area contributed by atoms with Crippen LogP contribution in [0.1, 0.15) is 25.7 Å². The third-order valence-corrected chi connectivity index (χ3v) is 2.32. The molecule has 1 saturated carbocycles. The Hall–Kier alpha value is -1.32. The lowest BCUT2D eigenvalue weighted by Gasteiger charge is -2.08. The lowest BCUT2D eigenvalue weighted by atomic mass is 9.97. The fraction of sp³-hybridized carbons (Fsp3) is 0.556. The number of hydrogen-bond acceptors (Lipinski definition) is 2. The topological polar surface area (TPSA) is 74.6 Å². The van der Waals surface area contributed by atoms with E-state index in [4.69, 9.17) is 10.2 Å². The minimum Gasteiger partial charge on any atom is -0.478 e. The Labute approximate surface area is 75.9 Å². The normalized spacial score (nSPS) is 18.9. The summed E-state index contributed by atoms with van der Waals surface area (Å²) in [5.74, 6) is -2.34. The van der Waals surface area contributed by atoms with E-state index in [1.165, 1.54) is 0 Å². The van der Waals surface area contributed by atoms with Crippen LogP contribution in [0.4, 0.5) is 0 Å². The predicted molar refractivity (Wildman–Crippen MR) is 45.3 cm³/mol. The average Bonchev–Trinajstić information content (AvgIpc) is 2.50. The maximum Gasteiger partial charge on any atom is 0.332 e. The van der Waals surface area contributed by atoms with Crippen molar-refractivity contribution in [3.8, 4) is 0 Å². The van der Waals surface area contributed by atoms with Crippen molar-refractivity contribution < 1.29 is 19.8 Å². The van der Waals surface area contributed by atoms with Crippen molar-refractivity contribution in [2.75, 3.05) is 0 Å². The molecule has 0 heterocycles.